The summed E-state index contributed by atoms with van der Waals surface area (Å²) in [5.74, 6) is 1.32. The van der Waals surface area contributed by atoms with Crippen LogP contribution in [0.25, 0.3) is 0 Å². The second-order valence-electron chi connectivity index (χ2n) is 5.04. The van der Waals surface area contributed by atoms with E-state index in [1.165, 1.54) is 5.56 Å². The molecule has 2 aromatic carbocycles. The average Bonchev–Trinajstić information content (AvgIpc) is 2.53. The van der Waals surface area contributed by atoms with E-state index in [2.05, 4.69) is 31.2 Å². The third kappa shape index (κ3) is 3.99. The Balaban J connectivity index is 2.08. The third-order valence-corrected chi connectivity index (χ3v) is 3.50. The molecule has 0 spiro atoms. The lowest BCUT2D eigenvalue weighted by atomic mass is 10.1. The molecule has 2 rings (SSSR count). The maximum Gasteiger partial charge on any atom is 0.161 e. The average molecular weight is 286 g/mol. The molecule has 0 saturated carbocycles. The highest BCUT2D eigenvalue weighted by atomic mass is 16.5. The minimum absolute atomic E-state index is 0.494. The fraction of sp³-hybridized carbons (Fsp3) is 0.333. The molecule has 0 aliphatic carbocycles. The van der Waals surface area contributed by atoms with E-state index >= 15 is 0 Å². The zero-order valence-corrected chi connectivity index (χ0v) is 12.8. The van der Waals surface area contributed by atoms with E-state index in [9.17, 15) is 5.11 Å². The van der Waals surface area contributed by atoms with Gasteiger partial charge >= 0.3 is 0 Å². The van der Waals surface area contributed by atoms with Crippen LogP contribution in [0.2, 0.25) is 0 Å². The fourth-order valence-corrected chi connectivity index (χ4v) is 2.10. The van der Waals surface area contributed by atoms with Crippen LogP contribution in [0, 0.1) is 0 Å². The molecule has 21 heavy (non-hydrogen) atoms. The van der Waals surface area contributed by atoms with E-state index in [-0.39, 0.29) is 0 Å². The zero-order chi connectivity index (χ0) is 15.2. The topological polar surface area (TPSA) is 38.7 Å². The maximum atomic E-state index is 9.60. The molecule has 0 unspecified atom stereocenters. The number of aryl methyl sites for hydroxylation is 1. The standard InChI is InChI=1S/C18H22O3/c1-4-14-5-7-15(8-6-14)12-21-17-10-9-16(13(2)19)11-18(17)20-3/h5-11,13,19H,4,12H2,1-3H3/t13-/m0/s1. The van der Waals surface area contributed by atoms with Crippen LogP contribution in [0.3, 0.4) is 0 Å². The summed E-state index contributed by atoms with van der Waals surface area (Å²) in [5, 5.41) is 9.60. The quantitative estimate of drug-likeness (QED) is 0.875. The molecule has 112 valence electrons. The lowest BCUT2D eigenvalue weighted by molar-refractivity contribution is 0.198. The van der Waals surface area contributed by atoms with E-state index in [1.54, 1.807) is 20.1 Å². The monoisotopic (exact) mass is 286 g/mol. The second kappa shape index (κ2) is 7.14. The van der Waals surface area contributed by atoms with Gasteiger partial charge in [-0.2, -0.15) is 0 Å². The van der Waals surface area contributed by atoms with Crippen molar-refractivity contribution in [1.29, 1.82) is 0 Å². The molecule has 1 N–H and O–H groups in total. The summed E-state index contributed by atoms with van der Waals surface area (Å²) in [6.07, 6.45) is 0.519. The maximum absolute atomic E-state index is 9.60. The Hall–Kier alpha value is -2.00. The van der Waals surface area contributed by atoms with Gasteiger partial charge < -0.3 is 14.6 Å². The highest BCUT2D eigenvalue weighted by Gasteiger charge is 2.09. The van der Waals surface area contributed by atoms with E-state index in [0.29, 0.717) is 18.1 Å². The van der Waals surface area contributed by atoms with Gasteiger partial charge in [-0.05, 0) is 42.2 Å². The van der Waals surface area contributed by atoms with E-state index in [4.69, 9.17) is 9.47 Å². The molecule has 0 bridgehead atoms. The molecule has 0 heterocycles. The summed E-state index contributed by atoms with van der Waals surface area (Å²) in [5.41, 5.74) is 3.25. The van der Waals surface area contributed by atoms with Gasteiger partial charge in [0.25, 0.3) is 0 Å². The van der Waals surface area contributed by atoms with Crippen molar-refractivity contribution in [2.24, 2.45) is 0 Å². The first-order valence-corrected chi connectivity index (χ1v) is 7.20. The van der Waals surface area contributed by atoms with Gasteiger partial charge in [0.2, 0.25) is 0 Å². The molecule has 0 aliphatic rings. The van der Waals surface area contributed by atoms with Gasteiger partial charge in [-0.25, -0.2) is 0 Å². The van der Waals surface area contributed by atoms with Crippen molar-refractivity contribution in [1.82, 2.24) is 0 Å². The van der Waals surface area contributed by atoms with E-state index in [1.807, 2.05) is 12.1 Å². The summed E-state index contributed by atoms with van der Waals surface area (Å²) >= 11 is 0. The largest absolute Gasteiger partial charge is 0.493 e. The van der Waals surface area contributed by atoms with Gasteiger partial charge in [0, 0.05) is 0 Å². The Morgan fingerprint density at radius 2 is 1.67 bits per heavy atom. The van der Waals surface area contributed by atoms with Crippen molar-refractivity contribution in [3.05, 3.63) is 59.2 Å². The van der Waals surface area contributed by atoms with Crippen molar-refractivity contribution < 1.29 is 14.6 Å². The van der Waals surface area contributed by atoms with Crippen LogP contribution in [0.4, 0.5) is 0 Å². The number of rotatable bonds is 6. The van der Waals surface area contributed by atoms with Crippen molar-refractivity contribution in [3.63, 3.8) is 0 Å². The van der Waals surface area contributed by atoms with Gasteiger partial charge in [-0.3, -0.25) is 0 Å². The third-order valence-electron chi connectivity index (χ3n) is 3.50. The number of benzene rings is 2. The van der Waals surface area contributed by atoms with E-state index in [0.717, 1.165) is 17.5 Å². The first-order valence-electron chi connectivity index (χ1n) is 7.20. The van der Waals surface area contributed by atoms with Gasteiger partial charge in [0.15, 0.2) is 11.5 Å². The molecule has 0 aliphatic heterocycles. The summed E-state index contributed by atoms with van der Waals surface area (Å²) in [6.45, 7) is 4.36. The normalized spacial score (nSPS) is 12.0. The Kier molecular flexibility index (Phi) is 5.23. The molecule has 0 aromatic heterocycles. The lowest BCUT2D eigenvalue weighted by Crippen LogP contribution is -1.99. The summed E-state index contributed by atoms with van der Waals surface area (Å²) < 4.78 is 11.1. The van der Waals surface area contributed by atoms with Crippen LogP contribution >= 0.6 is 0 Å². The lowest BCUT2D eigenvalue weighted by Gasteiger charge is -2.13. The number of ether oxygens (including phenoxy) is 2. The first kappa shape index (κ1) is 15.4. The number of hydrogen-bond acceptors (Lipinski definition) is 3. The number of methoxy groups -OCH3 is 1. The van der Waals surface area contributed by atoms with Crippen molar-refractivity contribution in [2.45, 2.75) is 33.0 Å². The highest BCUT2D eigenvalue weighted by molar-refractivity contribution is 5.43. The van der Waals surface area contributed by atoms with Crippen molar-refractivity contribution >= 4 is 0 Å². The first-order chi connectivity index (χ1) is 10.1. The van der Waals surface area contributed by atoms with Crippen molar-refractivity contribution in [3.8, 4) is 11.5 Å². The molecule has 3 nitrogen and oxygen atoms in total. The van der Waals surface area contributed by atoms with Crippen LogP contribution in [0.5, 0.6) is 11.5 Å². The number of aliphatic hydroxyl groups is 1. The number of hydrogen-bond donors (Lipinski definition) is 1. The molecular weight excluding hydrogens is 264 g/mol. The second-order valence-corrected chi connectivity index (χ2v) is 5.04. The molecule has 0 radical (unpaired) electrons. The Morgan fingerprint density at radius 3 is 2.24 bits per heavy atom. The smallest absolute Gasteiger partial charge is 0.161 e. The molecule has 3 heteroatoms. The van der Waals surface area contributed by atoms with Crippen LogP contribution in [0.1, 0.15) is 36.6 Å². The van der Waals surface area contributed by atoms with Crippen LogP contribution < -0.4 is 9.47 Å². The minimum Gasteiger partial charge on any atom is -0.493 e. The van der Waals surface area contributed by atoms with Crippen LogP contribution in [-0.2, 0) is 13.0 Å². The fourth-order valence-electron chi connectivity index (χ4n) is 2.10. The Labute approximate surface area is 126 Å². The van der Waals surface area contributed by atoms with Gasteiger partial charge in [0.05, 0.1) is 13.2 Å². The summed E-state index contributed by atoms with van der Waals surface area (Å²) in [4.78, 5) is 0. The van der Waals surface area contributed by atoms with Crippen LogP contribution in [0.15, 0.2) is 42.5 Å². The predicted molar refractivity (Wildman–Crippen MR) is 83.8 cm³/mol. The van der Waals surface area contributed by atoms with Crippen molar-refractivity contribution in [2.75, 3.05) is 7.11 Å². The summed E-state index contributed by atoms with van der Waals surface area (Å²) in [7, 11) is 1.60. The number of aliphatic hydroxyl groups excluding tert-OH is 1. The Morgan fingerprint density at radius 1 is 1.00 bits per heavy atom. The van der Waals surface area contributed by atoms with Gasteiger partial charge in [0.1, 0.15) is 6.61 Å². The molecular formula is C18H22O3. The summed E-state index contributed by atoms with van der Waals surface area (Å²) in [6, 6.07) is 13.9. The Bertz CT molecular complexity index is 574. The zero-order valence-electron chi connectivity index (χ0n) is 12.8. The van der Waals surface area contributed by atoms with E-state index < -0.39 is 6.10 Å². The van der Waals surface area contributed by atoms with Gasteiger partial charge in [-0.15, -0.1) is 0 Å². The van der Waals surface area contributed by atoms with Crippen LogP contribution in [-0.4, -0.2) is 12.2 Å². The van der Waals surface area contributed by atoms with Gasteiger partial charge in [-0.1, -0.05) is 37.3 Å². The molecule has 2 aromatic rings. The SMILES string of the molecule is CCc1ccc(COc2ccc([C@H](C)O)cc2OC)cc1. The molecule has 0 fully saturated rings. The highest BCUT2D eigenvalue weighted by Crippen LogP contribution is 2.30. The molecule has 0 saturated heterocycles. The predicted octanol–water partition coefficient (Wildman–Crippen LogP) is 3.89. The molecule has 1 atom stereocenters. The molecule has 0 amide bonds. The minimum atomic E-state index is -0.519.